The highest BCUT2D eigenvalue weighted by Gasteiger charge is 2.45. The van der Waals surface area contributed by atoms with Crippen LogP contribution in [0.2, 0.25) is 5.15 Å². The van der Waals surface area contributed by atoms with E-state index in [0.717, 1.165) is 0 Å². The highest BCUT2D eigenvalue weighted by Crippen LogP contribution is 2.36. The molecule has 4 aromatic rings. The van der Waals surface area contributed by atoms with Crippen LogP contribution in [0.5, 0.6) is 11.6 Å². The molecule has 4 heterocycles. The second-order valence-electron chi connectivity index (χ2n) is 8.92. The Bertz CT molecular complexity index is 1570. The summed E-state index contributed by atoms with van der Waals surface area (Å²) in [7, 11) is 0. The second kappa shape index (κ2) is 10.2. The van der Waals surface area contributed by atoms with E-state index in [1.807, 2.05) is 0 Å². The fraction of sp³-hybridized carbons (Fsp3) is 0.292. The molecule has 0 unspecified atom stereocenters. The predicted molar refractivity (Wildman–Crippen MR) is 133 cm³/mol. The van der Waals surface area contributed by atoms with Crippen LogP contribution < -0.4 is 5.32 Å². The van der Waals surface area contributed by atoms with Crippen molar-refractivity contribution in [3.63, 3.8) is 0 Å². The topological polar surface area (TPSA) is 196 Å². The van der Waals surface area contributed by atoms with E-state index in [1.54, 1.807) is 31.2 Å². The molecule has 39 heavy (non-hydrogen) atoms. The molecule has 0 saturated carbocycles. The smallest absolute Gasteiger partial charge is 0.358 e. The van der Waals surface area contributed by atoms with Crippen LogP contribution in [-0.2, 0) is 11.2 Å². The molecule has 5 rings (SSSR count). The Morgan fingerprint density at radius 3 is 2.67 bits per heavy atom. The van der Waals surface area contributed by atoms with Crippen LogP contribution in [-0.4, -0.2) is 74.5 Å². The summed E-state index contributed by atoms with van der Waals surface area (Å²) in [5, 5.41) is 58.0. The zero-order valence-electron chi connectivity index (χ0n) is 20.1. The number of carboxylic acid groups (broad SMARTS) is 1. The Hall–Kier alpha value is -4.11. The number of carboxylic acids is 1. The summed E-state index contributed by atoms with van der Waals surface area (Å²) in [6.45, 7) is 1.77. The first-order valence-corrected chi connectivity index (χ1v) is 12.0. The van der Waals surface area contributed by atoms with Crippen molar-refractivity contribution in [1.29, 1.82) is 0 Å². The van der Waals surface area contributed by atoms with Crippen molar-refractivity contribution in [2.45, 2.75) is 43.9 Å². The normalized spacial score (nSPS) is 21.8. The lowest BCUT2D eigenvalue weighted by atomic mass is 10.1. The quantitative estimate of drug-likeness (QED) is 0.180. The molecule has 5 atom stereocenters. The van der Waals surface area contributed by atoms with Gasteiger partial charge in [-0.1, -0.05) is 29.8 Å². The van der Waals surface area contributed by atoms with Crippen molar-refractivity contribution in [3.8, 4) is 11.6 Å². The molecule has 0 bridgehead atoms. The number of anilines is 1. The zero-order valence-corrected chi connectivity index (χ0v) is 20.9. The van der Waals surface area contributed by atoms with Crippen LogP contribution in [0, 0.1) is 5.82 Å². The Labute approximate surface area is 224 Å². The van der Waals surface area contributed by atoms with Gasteiger partial charge in [0, 0.05) is 12.0 Å². The van der Waals surface area contributed by atoms with E-state index >= 15 is 0 Å². The maximum atomic E-state index is 14.3. The number of nitrogens with one attached hydrogen (secondary N) is 1. The first-order valence-electron chi connectivity index (χ1n) is 11.6. The molecule has 13 nitrogen and oxygen atoms in total. The predicted octanol–water partition coefficient (Wildman–Crippen LogP) is 2.16. The lowest BCUT2D eigenvalue weighted by Crippen LogP contribution is -2.33. The SMILES string of the molecule is C[C@H](Nc1cc(Cl)nc2c1cnn2[C@@H]1O[C@H](Cc2nc(O)c(O)c(C(=O)O)n2)[C@@H](O)[C@H]1O)c1ccccc1F. The Kier molecular flexibility index (Phi) is 6.94. The molecule has 1 aliphatic rings. The van der Waals surface area contributed by atoms with Gasteiger partial charge in [0.05, 0.1) is 29.4 Å². The number of hydrogen-bond donors (Lipinski definition) is 6. The summed E-state index contributed by atoms with van der Waals surface area (Å²) in [5.41, 5.74) is 0.295. The van der Waals surface area contributed by atoms with Crippen molar-refractivity contribution in [2.75, 3.05) is 5.32 Å². The lowest BCUT2D eigenvalue weighted by Gasteiger charge is -2.18. The van der Waals surface area contributed by atoms with Crippen LogP contribution in [0.4, 0.5) is 10.1 Å². The molecule has 0 radical (unpaired) electrons. The van der Waals surface area contributed by atoms with Crippen molar-refractivity contribution in [1.82, 2.24) is 24.7 Å². The van der Waals surface area contributed by atoms with Gasteiger partial charge < -0.3 is 35.6 Å². The van der Waals surface area contributed by atoms with Gasteiger partial charge >= 0.3 is 5.97 Å². The number of carbonyl (C=O) groups is 1. The first kappa shape index (κ1) is 26.5. The summed E-state index contributed by atoms with van der Waals surface area (Å²) >= 11 is 6.26. The molecular weight excluding hydrogens is 539 g/mol. The maximum absolute atomic E-state index is 14.3. The highest BCUT2D eigenvalue weighted by molar-refractivity contribution is 6.30. The molecule has 0 amide bonds. The number of pyridine rings is 1. The molecule has 15 heteroatoms. The van der Waals surface area contributed by atoms with Crippen LogP contribution >= 0.6 is 11.6 Å². The number of benzene rings is 1. The molecule has 3 aromatic heterocycles. The van der Waals surface area contributed by atoms with Crippen LogP contribution in [0.3, 0.4) is 0 Å². The summed E-state index contributed by atoms with van der Waals surface area (Å²) in [6.07, 6.45) is -4.24. The molecule has 0 aliphatic carbocycles. The van der Waals surface area contributed by atoms with E-state index in [1.165, 1.54) is 16.9 Å². The van der Waals surface area contributed by atoms with Gasteiger partial charge in [-0.2, -0.15) is 10.1 Å². The number of aliphatic hydroxyl groups excluding tert-OH is 2. The van der Waals surface area contributed by atoms with Gasteiger partial charge in [-0.15, -0.1) is 0 Å². The third-order valence-corrected chi connectivity index (χ3v) is 6.55. The first-order chi connectivity index (χ1) is 18.5. The van der Waals surface area contributed by atoms with Crippen molar-refractivity contribution in [3.05, 3.63) is 64.6 Å². The van der Waals surface area contributed by atoms with Crippen molar-refractivity contribution < 1.29 is 39.5 Å². The summed E-state index contributed by atoms with van der Waals surface area (Å²) in [4.78, 5) is 22.9. The van der Waals surface area contributed by atoms with E-state index < -0.39 is 53.9 Å². The number of hydrogen-bond acceptors (Lipinski definition) is 11. The Balaban J connectivity index is 1.43. The van der Waals surface area contributed by atoms with E-state index in [-0.39, 0.29) is 28.9 Å². The standard InChI is InChI=1S/C24H22ClFN6O7/c1-9(10-4-2-3-5-12(10)26)28-13-6-15(25)29-21-11(13)8-27-32(21)23-20(35)18(33)14(39-23)7-16-30-17(24(37)38)19(34)22(36)31-16/h2-6,8-9,14,18,20,23,33-35H,7H2,1H3,(H,28,29)(H,37,38)(H,30,31,36)/t9-,14+,18+,20+,23+/m0/s1. The van der Waals surface area contributed by atoms with E-state index in [0.29, 0.717) is 16.6 Å². The third kappa shape index (κ3) is 4.90. The van der Waals surface area contributed by atoms with Crippen LogP contribution in [0.1, 0.15) is 41.1 Å². The van der Waals surface area contributed by atoms with Gasteiger partial charge in [-0.3, -0.25) is 0 Å². The minimum Gasteiger partial charge on any atom is -0.501 e. The minimum atomic E-state index is -1.60. The summed E-state index contributed by atoms with van der Waals surface area (Å²) in [6, 6.07) is 7.41. The number of ether oxygens (including phenoxy) is 1. The number of nitrogens with zero attached hydrogens (tertiary/aromatic N) is 5. The van der Waals surface area contributed by atoms with Gasteiger partial charge in [-0.05, 0) is 19.1 Å². The number of aromatic carboxylic acids is 1. The fourth-order valence-electron chi connectivity index (χ4n) is 4.44. The number of aromatic nitrogens is 5. The van der Waals surface area contributed by atoms with Gasteiger partial charge in [0.25, 0.3) is 5.88 Å². The second-order valence-corrected chi connectivity index (χ2v) is 9.31. The molecule has 1 saturated heterocycles. The minimum absolute atomic E-state index is 0.0752. The number of rotatable bonds is 7. The van der Waals surface area contributed by atoms with Gasteiger partial charge in [0.1, 0.15) is 29.0 Å². The van der Waals surface area contributed by atoms with Gasteiger partial charge in [0.15, 0.2) is 17.6 Å². The van der Waals surface area contributed by atoms with Crippen LogP contribution in [0.25, 0.3) is 11.0 Å². The monoisotopic (exact) mass is 560 g/mol. The number of halogens is 2. The maximum Gasteiger partial charge on any atom is 0.358 e. The Morgan fingerprint density at radius 2 is 1.95 bits per heavy atom. The molecule has 204 valence electrons. The molecule has 0 spiro atoms. The van der Waals surface area contributed by atoms with E-state index in [9.17, 15) is 34.7 Å². The summed E-state index contributed by atoms with van der Waals surface area (Å²) < 4.78 is 21.4. The third-order valence-electron chi connectivity index (χ3n) is 6.36. The van der Waals surface area contributed by atoms with Crippen molar-refractivity contribution in [2.24, 2.45) is 0 Å². The number of fused-ring (bicyclic) bond motifs is 1. The highest BCUT2D eigenvalue weighted by atomic mass is 35.5. The molecule has 1 aliphatic heterocycles. The molecular formula is C24H22ClFN6O7. The van der Waals surface area contributed by atoms with Gasteiger partial charge in [0.2, 0.25) is 5.75 Å². The molecule has 6 N–H and O–H groups in total. The number of aromatic hydroxyl groups is 2. The van der Waals surface area contributed by atoms with Gasteiger partial charge in [-0.25, -0.2) is 23.8 Å². The van der Waals surface area contributed by atoms with E-state index in [2.05, 4.69) is 25.4 Å². The average molecular weight is 561 g/mol. The van der Waals surface area contributed by atoms with Crippen molar-refractivity contribution >= 4 is 34.3 Å². The van der Waals surface area contributed by atoms with Crippen LogP contribution in [0.15, 0.2) is 36.5 Å². The van der Waals surface area contributed by atoms with E-state index in [4.69, 9.17) is 16.3 Å². The average Bonchev–Trinajstić information content (AvgIpc) is 3.42. The lowest BCUT2D eigenvalue weighted by molar-refractivity contribution is -0.0419. The largest absolute Gasteiger partial charge is 0.501 e. The summed E-state index contributed by atoms with van der Waals surface area (Å²) in [5.74, 6) is -4.19. The molecule has 1 aromatic carbocycles. The molecule has 1 fully saturated rings. The Morgan fingerprint density at radius 1 is 1.21 bits per heavy atom. The fourth-order valence-corrected chi connectivity index (χ4v) is 4.63. The zero-order chi connectivity index (χ0) is 28.0. The number of aliphatic hydroxyl groups is 2.